The smallest absolute Gasteiger partial charge is 0.219 e. The molecule has 126 valence electrons. The van der Waals surface area contributed by atoms with Gasteiger partial charge in [0.15, 0.2) is 0 Å². The van der Waals surface area contributed by atoms with E-state index in [0.29, 0.717) is 30.1 Å². The van der Waals surface area contributed by atoms with Crippen molar-refractivity contribution >= 4 is 15.8 Å². The monoisotopic (exact) mass is 345 g/mol. The molecule has 24 heavy (non-hydrogen) atoms. The Hall–Kier alpha value is -2.32. The van der Waals surface area contributed by atoms with Crippen LogP contribution in [0, 0.1) is 13.8 Å². The van der Waals surface area contributed by atoms with Crippen LogP contribution in [0.4, 0.5) is 0 Å². The lowest BCUT2D eigenvalue weighted by Gasteiger charge is -2.08. The lowest BCUT2D eigenvalue weighted by atomic mass is 10.1. The number of fused-ring (bicyclic) bond motifs is 1. The van der Waals surface area contributed by atoms with E-state index in [1.807, 2.05) is 26.1 Å². The molecule has 3 rings (SSSR count). The number of aromatic nitrogens is 4. The first-order chi connectivity index (χ1) is 11.5. The quantitative estimate of drug-likeness (QED) is 0.686. The molecule has 8 heteroatoms. The van der Waals surface area contributed by atoms with E-state index in [1.165, 1.54) is 6.33 Å². The average molecular weight is 345 g/mol. The van der Waals surface area contributed by atoms with E-state index in [4.69, 9.17) is 0 Å². The molecule has 0 saturated carbocycles. The van der Waals surface area contributed by atoms with E-state index >= 15 is 0 Å². The Morgan fingerprint density at radius 3 is 2.79 bits per heavy atom. The maximum absolute atomic E-state index is 12.3. The van der Waals surface area contributed by atoms with E-state index < -0.39 is 10.0 Å². The molecular formula is C16H19N5O2S. The molecule has 2 aromatic heterocycles. The predicted molar refractivity (Wildman–Crippen MR) is 90.2 cm³/mol. The van der Waals surface area contributed by atoms with Gasteiger partial charge in [-0.1, -0.05) is 6.07 Å². The zero-order valence-electron chi connectivity index (χ0n) is 13.6. The highest BCUT2D eigenvalue weighted by Gasteiger charge is 2.13. The van der Waals surface area contributed by atoms with Gasteiger partial charge < -0.3 is 0 Å². The minimum Gasteiger partial charge on any atom is -0.219 e. The van der Waals surface area contributed by atoms with Gasteiger partial charge in [-0.2, -0.15) is 10.1 Å². The Kier molecular flexibility index (Phi) is 4.59. The summed E-state index contributed by atoms with van der Waals surface area (Å²) in [6.45, 7) is 4.23. The largest absolute Gasteiger partial charge is 0.252 e. The van der Waals surface area contributed by atoms with Crippen molar-refractivity contribution in [3.8, 4) is 0 Å². The first-order valence-electron chi connectivity index (χ1n) is 7.67. The zero-order valence-corrected chi connectivity index (χ0v) is 14.4. The molecule has 2 heterocycles. The Balaban J connectivity index is 1.57. The van der Waals surface area contributed by atoms with Gasteiger partial charge in [0.05, 0.1) is 4.90 Å². The van der Waals surface area contributed by atoms with Crippen molar-refractivity contribution in [3.05, 3.63) is 53.6 Å². The summed E-state index contributed by atoms with van der Waals surface area (Å²) in [6, 6.07) is 5.15. The molecule has 1 aromatic carbocycles. The highest BCUT2D eigenvalue weighted by atomic mass is 32.2. The van der Waals surface area contributed by atoms with Gasteiger partial charge in [0, 0.05) is 18.9 Å². The van der Waals surface area contributed by atoms with Crippen LogP contribution in [0.15, 0.2) is 41.8 Å². The second-order valence-electron chi connectivity index (χ2n) is 5.71. The number of sulfonamides is 1. The summed E-state index contributed by atoms with van der Waals surface area (Å²) >= 11 is 0. The van der Waals surface area contributed by atoms with Gasteiger partial charge in [0.25, 0.3) is 5.78 Å². The third kappa shape index (κ3) is 3.60. The van der Waals surface area contributed by atoms with Crippen LogP contribution in [-0.4, -0.2) is 34.5 Å². The molecule has 1 N–H and O–H groups in total. The van der Waals surface area contributed by atoms with Gasteiger partial charge >= 0.3 is 0 Å². The molecule has 0 aliphatic heterocycles. The number of nitrogens with one attached hydrogen (secondary N) is 1. The number of aryl methyl sites for hydroxylation is 3. The molecule has 0 bridgehead atoms. The third-order valence-corrected chi connectivity index (χ3v) is 5.37. The van der Waals surface area contributed by atoms with E-state index in [9.17, 15) is 8.42 Å². The second-order valence-corrected chi connectivity index (χ2v) is 7.48. The lowest BCUT2D eigenvalue weighted by Crippen LogP contribution is -2.25. The fraction of sp³-hybridized carbons (Fsp3) is 0.312. The van der Waals surface area contributed by atoms with E-state index in [2.05, 4.69) is 19.8 Å². The summed E-state index contributed by atoms with van der Waals surface area (Å²) in [5, 5.41) is 4.03. The summed E-state index contributed by atoms with van der Waals surface area (Å²) in [7, 11) is -3.47. The van der Waals surface area contributed by atoms with Gasteiger partial charge in [-0.25, -0.2) is 22.6 Å². The summed E-state index contributed by atoms with van der Waals surface area (Å²) in [5.41, 5.74) is 3.02. The molecule has 0 saturated heterocycles. The van der Waals surface area contributed by atoms with Gasteiger partial charge in [-0.3, -0.25) is 0 Å². The molecule has 0 radical (unpaired) electrons. The minimum absolute atomic E-state index is 0.302. The van der Waals surface area contributed by atoms with Crippen molar-refractivity contribution in [1.82, 2.24) is 24.3 Å². The van der Waals surface area contributed by atoms with Crippen LogP contribution < -0.4 is 4.72 Å². The van der Waals surface area contributed by atoms with Crippen LogP contribution >= 0.6 is 0 Å². The Morgan fingerprint density at radius 1 is 1.17 bits per heavy atom. The number of nitrogens with zero attached hydrogens (tertiary/aromatic N) is 4. The fourth-order valence-corrected chi connectivity index (χ4v) is 3.51. The predicted octanol–water partition coefficient (Wildman–Crippen LogP) is 1.65. The van der Waals surface area contributed by atoms with Crippen LogP contribution in [0.1, 0.15) is 23.1 Å². The summed E-state index contributed by atoms with van der Waals surface area (Å²) in [6.07, 6.45) is 6.42. The van der Waals surface area contributed by atoms with Crippen molar-refractivity contribution in [1.29, 1.82) is 0 Å². The molecule has 0 unspecified atom stereocenters. The maximum atomic E-state index is 12.3. The first-order valence-corrected chi connectivity index (χ1v) is 9.15. The summed E-state index contributed by atoms with van der Waals surface area (Å²) < 4.78 is 28.8. The number of hydrogen-bond donors (Lipinski definition) is 1. The molecule has 0 spiro atoms. The van der Waals surface area contributed by atoms with Crippen LogP contribution in [0.5, 0.6) is 0 Å². The number of hydrogen-bond acceptors (Lipinski definition) is 5. The van der Waals surface area contributed by atoms with Crippen LogP contribution in [-0.2, 0) is 16.4 Å². The topological polar surface area (TPSA) is 89.2 Å². The van der Waals surface area contributed by atoms with Crippen LogP contribution in [0.25, 0.3) is 5.78 Å². The fourth-order valence-electron chi connectivity index (χ4n) is 2.35. The van der Waals surface area contributed by atoms with E-state index in [0.717, 1.165) is 16.7 Å². The highest BCUT2D eigenvalue weighted by Crippen LogP contribution is 2.14. The first kappa shape index (κ1) is 16.5. The van der Waals surface area contributed by atoms with Crippen molar-refractivity contribution in [3.63, 3.8) is 0 Å². The van der Waals surface area contributed by atoms with Gasteiger partial charge in [-0.15, -0.1) is 0 Å². The van der Waals surface area contributed by atoms with Crippen molar-refractivity contribution in [2.45, 2.75) is 31.6 Å². The SMILES string of the molecule is Cc1ccc(S(=O)(=O)NCCCc2cnc3ncnn3c2)cc1C. The molecule has 0 aliphatic rings. The molecule has 3 aromatic rings. The minimum atomic E-state index is -3.47. The Morgan fingerprint density at radius 2 is 2.00 bits per heavy atom. The average Bonchev–Trinajstić information content (AvgIpc) is 3.02. The maximum Gasteiger partial charge on any atom is 0.252 e. The molecule has 7 nitrogen and oxygen atoms in total. The number of benzene rings is 1. The van der Waals surface area contributed by atoms with Crippen molar-refractivity contribution in [2.24, 2.45) is 0 Å². The lowest BCUT2D eigenvalue weighted by molar-refractivity contribution is 0.578. The number of rotatable bonds is 6. The molecule has 0 atom stereocenters. The van der Waals surface area contributed by atoms with Gasteiger partial charge in [-0.05, 0) is 55.5 Å². The summed E-state index contributed by atoms with van der Waals surface area (Å²) in [5.74, 6) is 0.550. The van der Waals surface area contributed by atoms with Crippen LogP contribution in [0.2, 0.25) is 0 Å². The molecular weight excluding hydrogens is 326 g/mol. The highest BCUT2D eigenvalue weighted by molar-refractivity contribution is 7.89. The molecule has 0 aliphatic carbocycles. The van der Waals surface area contributed by atoms with Gasteiger partial charge in [0.1, 0.15) is 6.33 Å². The third-order valence-electron chi connectivity index (χ3n) is 3.91. The standard InChI is InChI=1S/C16H19N5O2S/c1-12-5-6-15(8-13(12)2)24(22,23)20-7-3-4-14-9-17-16-18-11-19-21(16)10-14/h5-6,8-11,20H,3-4,7H2,1-2H3. The van der Waals surface area contributed by atoms with Gasteiger partial charge in [0.2, 0.25) is 10.0 Å². The normalized spacial score (nSPS) is 11.9. The van der Waals surface area contributed by atoms with Crippen molar-refractivity contribution < 1.29 is 8.42 Å². The van der Waals surface area contributed by atoms with E-state index in [-0.39, 0.29) is 0 Å². The van der Waals surface area contributed by atoms with Crippen molar-refractivity contribution in [2.75, 3.05) is 6.54 Å². The zero-order chi connectivity index (χ0) is 17.2. The molecule has 0 amide bonds. The Bertz CT molecular complexity index is 966. The Labute approximate surface area is 140 Å². The second kappa shape index (κ2) is 6.66. The van der Waals surface area contributed by atoms with Crippen LogP contribution in [0.3, 0.4) is 0 Å². The molecule has 0 fully saturated rings. The van der Waals surface area contributed by atoms with E-state index in [1.54, 1.807) is 22.8 Å². The summed E-state index contributed by atoms with van der Waals surface area (Å²) in [4.78, 5) is 8.47.